The summed E-state index contributed by atoms with van der Waals surface area (Å²) in [7, 11) is 0. The highest BCUT2D eigenvalue weighted by atomic mass is 16.5. The van der Waals surface area contributed by atoms with Crippen molar-refractivity contribution in [2.24, 2.45) is 0 Å². The van der Waals surface area contributed by atoms with Gasteiger partial charge in [0, 0.05) is 22.4 Å². The highest BCUT2D eigenvalue weighted by molar-refractivity contribution is 5.87. The van der Waals surface area contributed by atoms with E-state index >= 15 is 0 Å². The molecule has 3 aromatic rings. The molecule has 2 aromatic carbocycles. The number of pyridine rings is 1. The van der Waals surface area contributed by atoms with Crippen molar-refractivity contribution in [2.45, 2.75) is 26.0 Å². The van der Waals surface area contributed by atoms with Crippen molar-refractivity contribution in [3.8, 4) is 17.0 Å². The third kappa shape index (κ3) is 1.21. The number of aromatic nitrogens is 1. The first kappa shape index (κ1) is 11.3. The summed E-state index contributed by atoms with van der Waals surface area (Å²) < 4.78 is 8.35. The molecule has 102 valence electrons. The first-order chi connectivity index (χ1) is 10.2. The first-order valence-electron chi connectivity index (χ1n) is 7.40. The fraction of sp³-hybridized carbons (Fsp3) is 0.211. The van der Waals surface area contributed by atoms with Crippen LogP contribution in [0.3, 0.4) is 0 Å². The zero-order valence-electron chi connectivity index (χ0n) is 12.2. The lowest BCUT2D eigenvalue weighted by molar-refractivity contribution is -0.693. The van der Waals surface area contributed by atoms with E-state index in [9.17, 15) is 0 Å². The summed E-state index contributed by atoms with van der Waals surface area (Å²) in [4.78, 5) is 0. The number of nitrogens with zero attached hydrogens (tertiary/aromatic N) is 1. The van der Waals surface area contributed by atoms with Gasteiger partial charge in [-0.15, -0.1) is 0 Å². The van der Waals surface area contributed by atoms with E-state index in [1.165, 1.54) is 33.3 Å². The van der Waals surface area contributed by atoms with Gasteiger partial charge in [-0.2, -0.15) is 4.57 Å². The lowest BCUT2D eigenvalue weighted by Crippen LogP contribution is -2.42. The summed E-state index contributed by atoms with van der Waals surface area (Å²) in [5.41, 5.74) is 6.69. The highest BCUT2D eigenvalue weighted by Crippen LogP contribution is 2.52. The molecule has 0 saturated heterocycles. The topological polar surface area (TPSA) is 13.1 Å². The lowest BCUT2D eigenvalue weighted by atomic mass is 9.82. The number of ether oxygens (including phenoxy) is 1. The SMILES string of the molecule is CC1(C)c2cccc3c2-c2c1cc1ccccc1[n+]2CO3. The predicted molar refractivity (Wildman–Crippen MR) is 82.3 cm³/mol. The third-order valence-electron chi connectivity index (χ3n) is 5.01. The van der Waals surface area contributed by atoms with Crippen LogP contribution in [0.25, 0.3) is 22.2 Å². The van der Waals surface area contributed by atoms with Gasteiger partial charge in [0.25, 0.3) is 6.73 Å². The van der Waals surface area contributed by atoms with Crippen molar-refractivity contribution < 1.29 is 9.30 Å². The predicted octanol–water partition coefficient (Wildman–Crippen LogP) is 3.78. The molecule has 2 nitrogen and oxygen atoms in total. The number of fused-ring (bicyclic) bond motifs is 2. The van der Waals surface area contributed by atoms with E-state index in [1.807, 2.05) is 0 Å². The summed E-state index contributed by atoms with van der Waals surface area (Å²) in [6, 6.07) is 17.4. The van der Waals surface area contributed by atoms with Gasteiger partial charge in [0.15, 0.2) is 0 Å². The number of para-hydroxylation sites is 1. The minimum Gasteiger partial charge on any atom is -0.435 e. The normalized spacial score (nSPS) is 16.7. The molecular weight excluding hydrogens is 258 g/mol. The van der Waals surface area contributed by atoms with Gasteiger partial charge in [0.05, 0.1) is 5.56 Å². The second kappa shape index (κ2) is 3.45. The van der Waals surface area contributed by atoms with Gasteiger partial charge < -0.3 is 4.74 Å². The van der Waals surface area contributed by atoms with Crippen molar-refractivity contribution >= 4 is 10.9 Å². The molecule has 0 saturated carbocycles. The van der Waals surface area contributed by atoms with Crippen LogP contribution in [0.4, 0.5) is 0 Å². The summed E-state index contributed by atoms with van der Waals surface area (Å²) >= 11 is 0. The molecule has 1 aliphatic carbocycles. The van der Waals surface area contributed by atoms with E-state index in [1.54, 1.807) is 0 Å². The molecule has 2 aliphatic rings. The molecule has 0 bridgehead atoms. The fourth-order valence-corrected chi connectivity index (χ4v) is 3.92. The van der Waals surface area contributed by atoms with Crippen molar-refractivity contribution in [1.29, 1.82) is 0 Å². The largest absolute Gasteiger partial charge is 0.435 e. The molecule has 1 aromatic heterocycles. The fourth-order valence-electron chi connectivity index (χ4n) is 3.92. The molecule has 2 heterocycles. The second-order valence-corrected chi connectivity index (χ2v) is 6.47. The van der Waals surface area contributed by atoms with Crippen LogP contribution >= 0.6 is 0 Å². The van der Waals surface area contributed by atoms with Crippen LogP contribution in [0.1, 0.15) is 25.0 Å². The molecule has 0 fully saturated rings. The van der Waals surface area contributed by atoms with Crippen molar-refractivity contribution in [2.75, 3.05) is 0 Å². The van der Waals surface area contributed by atoms with Crippen molar-refractivity contribution in [3.05, 3.63) is 59.7 Å². The van der Waals surface area contributed by atoms with E-state index < -0.39 is 0 Å². The third-order valence-corrected chi connectivity index (χ3v) is 5.01. The maximum atomic E-state index is 6.03. The Hall–Kier alpha value is -2.35. The maximum Gasteiger partial charge on any atom is 0.293 e. The van der Waals surface area contributed by atoms with Gasteiger partial charge in [-0.3, -0.25) is 0 Å². The summed E-state index contributed by atoms with van der Waals surface area (Å²) in [6.07, 6.45) is 0. The number of hydrogen-bond acceptors (Lipinski definition) is 1. The molecule has 2 heteroatoms. The Morgan fingerprint density at radius 2 is 1.86 bits per heavy atom. The lowest BCUT2D eigenvalue weighted by Gasteiger charge is -2.19. The van der Waals surface area contributed by atoms with Gasteiger partial charge in [-0.25, -0.2) is 0 Å². The first-order valence-corrected chi connectivity index (χ1v) is 7.40. The molecule has 0 unspecified atom stereocenters. The van der Waals surface area contributed by atoms with Crippen molar-refractivity contribution in [3.63, 3.8) is 0 Å². The molecule has 0 amide bonds. The maximum absolute atomic E-state index is 6.03. The molecule has 0 N–H and O–H groups in total. The molecule has 0 spiro atoms. The Labute approximate surface area is 123 Å². The Kier molecular flexibility index (Phi) is 1.86. The Bertz CT molecular complexity index is 924. The number of benzene rings is 2. The van der Waals surface area contributed by atoms with Gasteiger partial charge in [0.1, 0.15) is 5.75 Å². The van der Waals surface area contributed by atoms with Crippen LogP contribution in [-0.2, 0) is 12.1 Å². The van der Waals surface area contributed by atoms with E-state index in [4.69, 9.17) is 4.74 Å². The Balaban J connectivity index is 2.04. The molecule has 0 atom stereocenters. The van der Waals surface area contributed by atoms with E-state index in [0.717, 1.165) is 5.75 Å². The number of hydrogen-bond donors (Lipinski definition) is 0. The standard InChI is InChI=1S/C19H16NO/c1-19(2)13-7-5-9-16-17(13)18-14(19)10-12-6-3-4-8-15(12)20(18)11-21-16/h3-10H,11H2,1-2H3/q+1. The van der Waals surface area contributed by atoms with Gasteiger partial charge in [-0.05, 0) is 23.8 Å². The summed E-state index contributed by atoms with van der Waals surface area (Å²) in [5, 5.41) is 1.28. The van der Waals surface area contributed by atoms with Crippen LogP contribution < -0.4 is 9.30 Å². The molecular formula is C19H16NO+. The zero-order valence-corrected chi connectivity index (χ0v) is 12.2. The van der Waals surface area contributed by atoms with Crippen LogP contribution in [0.2, 0.25) is 0 Å². The second-order valence-electron chi connectivity index (χ2n) is 6.47. The van der Waals surface area contributed by atoms with Gasteiger partial charge in [0.2, 0.25) is 11.2 Å². The summed E-state index contributed by atoms with van der Waals surface area (Å²) in [6.45, 7) is 5.22. The quantitative estimate of drug-likeness (QED) is 0.569. The molecule has 1 aliphatic heterocycles. The molecule has 21 heavy (non-hydrogen) atoms. The van der Waals surface area contributed by atoms with Crippen LogP contribution in [0.5, 0.6) is 5.75 Å². The molecule has 0 radical (unpaired) electrons. The monoisotopic (exact) mass is 274 g/mol. The van der Waals surface area contributed by atoms with E-state index in [-0.39, 0.29) is 5.41 Å². The van der Waals surface area contributed by atoms with Gasteiger partial charge >= 0.3 is 0 Å². The Morgan fingerprint density at radius 3 is 2.76 bits per heavy atom. The van der Waals surface area contributed by atoms with Crippen LogP contribution in [0.15, 0.2) is 48.5 Å². The van der Waals surface area contributed by atoms with Crippen molar-refractivity contribution in [1.82, 2.24) is 0 Å². The average molecular weight is 274 g/mol. The highest BCUT2D eigenvalue weighted by Gasteiger charge is 2.45. The van der Waals surface area contributed by atoms with E-state index in [0.29, 0.717) is 6.73 Å². The zero-order chi connectivity index (χ0) is 14.2. The van der Waals surface area contributed by atoms with E-state index in [2.05, 4.69) is 66.9 Å². The average Bonchev–Trinajstić information content (AvgIpc) is 2.74. The minimum absolute atomic E-state index is 0.0279. The summed E-state index contributed by atoms with van der Waals surface area (Å²) in [5.74, 6) is 1.02. The smallest absolute Gasteiger partial charge is 0.293 e. The minimum atomic E-state index is 0.0279. The molecule has 5 rings (SSSR count). The Morgan fingerprint density at radius 1 is 1.00 bits per heavy atom. The van der Waals surface area contributed by atoms with Crippen LogP contribution in [0, 0.1) is 0 Å². The van der Waals surface area contributed by atoms with Crippen LogP contribution in [-0.4, -0.2) is 0 Å². The number of rotatable bonds is 0. The van der Waals surface area contributed by atoms with Gasteiger partial charge in [-0.1, -0.05) is 38.1 Å².